The van der Waals surface area contributed by atoms with Crippen molar-refractivity contribution < 1.29 is 22.8 Å². The Bertz CT molecular complexity index is 1220. The molecule has 0 bridgehead atoms. The maximum atomic E-state index is 12.7. The van der Waals surface area contributed by atoms with Gasteiger partial charge in [-0.3, -0.25) is 14.4 Å². The fraction of sp³-hybridized carbons (Fsp3) is 0.400. The second-order valence-corrected chi connectivity index (χ2v) is 11.3. The molecule has 3 amide bonds. The Hall–Kier alpha value is -3.24. The maximum Gasteiger partial charge on any atom is 0.251 e. The molecule has 0 radical (unpaired) electrons. The second-order valence-electron chi connectivity index (χ2n) is 9.50. The van der Waals surface area contributed by atoms with Crippen molar-refractivity contribution >= 4 is 39.1 Å². The highest BCUT2D eigenvalue weighted by molar-refractivity contribution is 7.89. The van der Waals surface area contributed by atoms with Crippen LogP contribution in [-0.4, -0.2) is 45.8 Å². The lowest BCUT2D eigenvalue weighted by Crippen LogP contribution is -2.35. The first-order chi connectivity index (χ1) is 16.4. The van der Waals surface area contributed by atoms with E-state index in [1.54, 1.807) is 41.3 Å². The topological polar surface area (TPSA) is 125 Å². The van der Waals surface area contributed by atoms with Crippen LogP contribution in [0, 0.1) is 5.41 Å². The summed E-state index contributed by atoms with van der Waals surface area (Å²) in [6, 6.07) is 11.2. The van der Waals surface area contributed by atoms with E-state index in [4.69, 9.17) is 0 Å². The lowest BCUT2D eigenvalue weighted by molar-refractivity contribution is -0.123. The number of nitrogens with one attached hydrogen (secondary N) is 3. The summed E-state index contributed by atoms with van der Waals surface area (Å²) in [6.45, 7) is 7.67. The van der Waals surface area contributed by atoms with E-state index in [0.717, 1.165) is 17.7 Å². The summed E-state index contributed by atoms with van der Waals surface area (Å²) in [6.07, 6.45) is 1.48. The molecule has 0 atom stereocenters. The highest BCUT2D eigenvalue weighted by Crippen LogP contribution is 2.29. The number of fused-ring (bicyclic) bond motifs is 1. The van der Waals surface area contributed by atoms with Gasteiger partial charge in [0.15, 0.2) is 0 Å². The molecule has 3 N–H and O–H groups in total. The molecule has 1 aliphatic rings. The zero-order valence-electron chi connectivity index (χ0n) is 20.5. The number of nitrogens with zero attached hydrogens (tertiary/aromatic N) is 1. The molecule has 0 aromatic heterocycles. The Labute approximate surface area is 206 Å². The van der Waals surface area contributed by atoms with Crippen LogP contribution in [0.2, 0.25) is 0 Å². The van der Waals surface area contributed by atoms with Gasteiger partial charge in [-0.25, -0.2) is 13.1 Å². The first kappa shape index (κ1) is 26.4. The number of aryl methyl sites for hydroxylation is 1. The lowest BCUT2D eigenvalue weighted by Gasteiger charge is -2.28. The summed E-state index contributed by atoms with van der Waals surface area (Å²) in [5.41, 5.74) is 2.03. The number of benzene rings is 2. The molecule has 0 saturated heterocycles. The molecule has 188 valence electrons. The average molecular weight is 501 g/mol. The van der Waals surface area contributed by atoms with Crippen molar-refractivity contribution in [3.63, 3.8) is 0 Å². The number of anilines is 2. The van der Waals surface area contributed by atoms with Gasteiger partial charge < -0.3 is 15.5 Å². The van der Waals surface area contributed by atoms with Crippen molar-refractivity contribution in [2.45, 2.75) is 45.4 Å². The molecular formula is C25H32N4O5S. The van der Waals surface area contributed by atoms with Gasteiger partial charge in [-0.15, -0.1) is 0 Å². The fourth-order valence-electron chi connectivity index (χ4n) is 3.64. The molecule has 3 rings (SSSR count). The molecule has 1 heterocycles. The van der Waals surface area contributed by atoms with Crippen LogP contribution < -0.4 is 20.3 Å². The Morgan fingerprint density at radius 2 is 1.69 bits per heavy atom. The van der Waals surface area contributed by atoms with Crippen LogP contribution in [0.3, 0.4) is 0 Å². The Morgan fingerprint density at radius 3 is 2.31 bits per heavy atom. The fourth-order valence-corrected chi connectivity index (χ4v) is 4.72. The van der Waals surface area contributed by atoms with Gasteiger partial charge >= 0.3 is 0 Å². The van der Waals surface area contributed by atoms with Crippen LogP contribution in [0.4, 0.5) is 11.4 Å². The minimum absolute atomic E-state index is 0.0183. The Kier molecular flexibility index (Phi) is 7.97. The largest absolute Gasteiger partial charge is 0.351 e. The first-order valence-corrected chi connectivity index (χ1v) is 13.0. The summed E-state index contributed by atoms with van der Waals surface area (Å²) in [5, 5.41) is 5.47. The number of carbonyl (C=O) groups excluding carboxylic acids is 3. The highest BCUT2D eigenvalue weighted by atomic mass is 32.2. The van der Waals surface area contributed by atoms with E-state index in [-0.39, 0.29) is 35.7 Å². The van der Waals surface area contributed by atoms with Crippen molar-refractivity contribution in [1.82, 2.24) is 10.0 Å². The van der Waals surface area contributed by atoms with Gasteiger partial charge in [-0.2, -0.15) is 0 Å². The van der Waals surface area contributed by atoms with E-state index >= 15 is 0 Å². The van der Waals surface area contributed by atoms with Crippen LogP contribution in [-0.2, 0) is 26.0 Å². The molecule has 0 fully saturated rings. The van der Waals surface area contributed by atoms with Crippen molar-refractivity contribution in [3.8, 4) is 0 Å². The van der Waals surface area contributed by atoms with E-state index in [0.29, 0.717) is 24.2 Å². The number of amides is 3. The Balaban J connectivity index is 1.52. The molecule has 35 heavy (non-hydrogen) atoms. The Morgan fingerprint density at radius 1 is 1.00 bits per heavy atom. The van der Waals surface area contributed by atoms with Crippen LogP contribution >= 0.6 is 0 Å². The van der Waals surface area contributed by atoms with Gasteiger partial charge in [0.1, 0.15) is 0 Å². The molecule has 9 nitrogen and oxygen atoms in total. The van der Waals surface area contributed by atoms with Crippen molar-refractivity contribution in [1.29, 1.82) is 0 Å². The quantitative estimate of drug-likeness (QED) is 0.504. The summed E-state index contributed by atoms with van der Waals surface area (Å²) < 4.78 is 27.9. The highest BCUT2D eigenvalue weighted by Gasteiger charge is 2.23. The van der Waals surface area contributed by atoms with Gasteiger partial charge in [0, 0.05) is 48.9 Å². The monoisotopic (exact) mass is 500 g/mol. The maximum absolute atomic E-state index is 12.7. The van der Waals surface area contributed by atoms with E-state index in [1.807, 2.05) is 20.8 Å². The predicted molar refractivity (Wildman–Crippen MR) is 135 cm³/mol. The molecule has 0 unspecified atom stereocenters. The number of hydrogen-bond acceptors (Lipinski definition) is 5. The molecule has 10 heteroatoms. The SMILES string of the molecule is CC(=O)N1CCCc2cc(S(=O)(=O)NCCNC(=O)c3ccc(NC(=O)C(C)(C)C)cc3)ccc21. The molecule has 0 spiro atoms. The number of hydrogen-bond donors (Lipinski definition) is 3. The molecule has 1 aliphatic heterocycles. The summed E-state index contributed by atoms with van der Waals surface area (Å²) >= 11 is 0. The van der Waals surface area contributed by atoms with Crippen LogP contribution in [0.1, 0.15) is 50.0 Å². The third kappa shape index (κ3) is 6.67. The van der Waals surface area contributed by atoms with E-state index in [9.17, 15) is 22.8 Å². The second kappa shape index (κ2) is 10.6. The summed E-state index contributed by atoms with van der Waals surface area (Å²) in [4.78, 5) is 38.0. The van der Waals surface area contributed by atoms with Gasteiger partial charge in [0.2, 0.25) is 21.8 Å². The number of rotatable bonds is 7. The molecule has 2 aromatic carbocycles. The minimum Gasteiger partial charge on any atom is -0.351 e. The number of carbonyl (C=O) groups is 3. The zero-order chi connectivity index (χ0) is 25.8. The standard InChI is InChI=1S/C25H32N4O5S/c1-17(30)29-15-5-6-19-16-21(11-12-22(19)29)35(33,34)27-14-13-26-23(31)18-7-9-20(10-8-18)28-24(32)25(2,3)4/h7-12,16,27H,5-6,13-15H2,1-4H3,(H,26,31)(H,28,32). The summed E-state index contributed by atoms with van der Waals surface area (Å²) in [7, 11) is -3.77. The summed E-state index contributed by atoms with van der Waals surface area (Å²) in [5.74, 6) is -0.548. The molecular weight excluding hydrogens is 468 g/mol. The van der Waals surface area contributed by atoms with Gasteiger partial charge in [-0.1, -0.05) is 20.8 Å². The third-order valence-electron chi connectivity index (χ3n) is 5.65. The number of sulfonamides is 1. The average Bonchev–Trinajstić information content (AvgIpc) is 2.80. The normalized spacial score (nSPS) is 13.7. The molecule has 0 saturated carbocycles. The van der Waals surface area contributed by atoms with Gasteiger partial charge in [0.05, 0.1) is 4.90 Å². The first-order valence-electron chi connectivity index (χ1n) is 11.5. The van der Waals surface area contributed by atoms with Crippen molar-refractivity contribution in [2.24, 2.45) is 5.41 Å². The molecule has 0 aliphatic carbocycles. The van der Waals surface area contributed by atoms with Crippen LogP contribution in [0.5, 0.6) is 0 Å². The third-order valence-corrected chi connectivity index (χ3v) is 7.11. The van der Waals surface area contributed by atoms with Crippen molar-refractivity contribution in [2.75, 3.05) is 29.9 Å². The van der Waals surface area contributed by atoms with E-state index in [2.05, 4.69) is 15.4 Å². The van der Waals surface area contributed by atoms with E-state index < -0.39 is 15.4 Å². The van der Waals surface area contributed by atoms with E-state index in [1.165, 1.54) is 13.0 Å². The van der Waals surface area contributed by atoms with Crippen LogP contribution in [0.15, 0.2) is 47.4 Å². The lowest BCUT2D eigenvalue weighted by atomic mass is 9.95. The van der Waals surface area contributed by atoms with Crippen LogP contribution in [0.25, 0.3) is 0 Å². The van der Waals surface area contributed by atoms with Crippen molar-refractivity contribution in [3.05, 3.63) is 53.6 Å². The van der Waals surface area contributed by atoms with Gasteiger partial charge in [0.25, 0.3) is 5.91 Å². The van der Waals surface area contributed by atoms with Gasteiger partial charge in [-0.05, 0) is 60.9 Å². The predicted octanol–water partition coefficient (Wildman–Crippen LogP) is 2.68. The molecule has 2 aromatic rings. The zero-order valence-corrected chi connectivity index (χ0v) is 21.3. The smallest absolute Gasteiger partial charge is 0.251 e. The minimum atomic E-state index is -3.77.